The Morgan fingerprint density at radius 2 is 1.39 bits per heavy atom. The molecule has 0 spiro atoms. The van der Waals surface area contributed by atoms with E-state index in [4.69, 9.17) is 28.4 Å². The summed E-state index contributed by atoms with van der Waals surface area (Å²) in [6.07, 6.45) is 0.792. The van der Waals surface area contributed by atoms with Gasteiger partial charge in [-0.25, -0.2) is 4.79 Å². The molecule has 2 saturated heterocycles. The molecule has 46 heavy (non-hydrogen) atoms. The summed E-state index contributed by atoms with van der Waals surface area (Å²) in [4.78, 5) is 15.0. The van der Waals surface area contributed by atoms with Gasteiger partial charge in [0.25, 0.3) is 0 Å². The quantitative estimate of drug-likeness (QED) is 0.219. The van der Waals surface area contributed by atoms with Gasteiger partial charge in [0.2, 0.25) is 0 Å². The van der Waals surface area contributed by atoms with Crippen LogP contribution in [0, 0.1) is 0 Å². The minimum absolute atomic E-state index is 0.291. The summed E-state index contributed by atoms with van der Waals surface area (Å²) >= 11 is 0. The zero-order valence-corrected chi connectivity index (χ0v) is 27.6. The summed E-state index contributed by atoms with van der Waals surface area (Å²) in [6.45, 7) is 11.2. The predicted molar refractivity (Wildman–Crippen MR) is 176 cm³/mol. The van der Waals surface area contributed by atoms with Gasteiger partial charge in [0, 0.05) is 6.42 Å². The number of hydrogen-bond donors (Lipinski definition) is 0. The number of amides is 1. The molecule has 0 aliphatic carbocycles. The van der Waals surface area contributed by atoms with E-state index in [2.05, 4.69) is 0 Å². The lowest BCUT2D eigenvalue weighted by Gasteiger charge is -2.40. The Bertz CT molecular complexity index is 1410. The molecule has 0 aromatic heterocycles. The second-order valence-corrected chi connectivity index (χ2v) is 13.3. The van der Waals surface area contributed by atoms with E-state index < -0.39 is 29.6 Å². The third-order valence-electron chi connectivity index (χ3n) is 7.91. The van der Waals surface area contributed by atoms with Crippen molar-refractivity contribution >= 4 is 6.09 Å². The third-order valence-corrected chi connectivity index (χ3v) is 7.91. The maximum atomic E-state index is 13.4. The summed E-state index contributed by atoms with van der Waals surface area (Å²) in [6, 6.07) is 29.9. The van der Waals surface area contributed by atoms with E-state index in [0.717, 1.165) is 16.7 Å². The van der Waals surface area contributed by atoms with Crippen LogP contribution in [0.1, 0.15) is 57.7 Å². The van der Waals surface area contributed by atoms with Crippen LogP contribution >= 0.6 is 0 Å². The van der Waals surface area contributed by atoms with Gasteiger partial charge in [0.1, 0.15) is 17.4 Å². The summed E-state index contributed by atoms with van der Waals surface area (Å²) in [7, 11) is 0. The van der Waals surface area contributed by atoms with Gasteiger partial charge in [-0.3, -0.25) is 4.90 Å². The summed E-state index contributed by atoms with van der Waals surface area (Å²) in [5, 5.41) is 0. The first-order valence-electron chi connectivity index (χ1n) is 16.0. The van der Waals surface area contributed by atoms with Crippen LogP contribution < -0.4 is 0 Å². The molecule has 5 rings (SSSR count). The Balaban J connectivity index is 1.41. The van der Waals surface area contributed by atoms with Crippen molar-refractivity contribution < 1.29 is 33.2 Å². The van der Waals surface area contributed by atoms with Crippen LogP contribution in [0.4, 0.5) is 4.79 Å². The Kier molecular flexibility index (Phi) is 11.2. The zero-order valence-electron chi connectivity index (χ0n) is 27.6. The first-order chi connectivity index (χ1) is 22.1. The first-order valence-corrected chi connectivity index (χ1v) is 16.0. The van der Waals surface area contributed by atoms with Crippen LogP contribution in [-0.4, -0.2) is 59.9 Å². The van der Waals surface area contributed by atoms with E-state index in [9.17, 15) is 4.79 Å². The minimum Gasteiger partial charge on any atom is -0.490 e. The van der Waals surface area contributed by atoms with Crippen molar-refractivity contribution in [1.82, 2.24) is 4.90 Å². The highest BCUT2D eigenvalue weighted by Gasteiger charge is 2.46. The normalized spacial score (nSPS) is 23.7. The molecule has 246 valence electrons. The molecule has 8 heteroatoms. The van der Waals surface area contributed by atoms with Crippen molar-refractivity contribution in [3.8, 4) is 0 Å². The lowest BCUT2D eigenvalue weighted by molar-refractivity contribution is -0.178. The largest absolute Gasteiger partial charge is 0.490 e. The summed E-state index contributed by atoms with van der Waals surface area (Å²) < 4.78 is 37.9. The molecule has 2 aliphatic heterocycles. The molecule has 2 aliphatic rings. The van der Waals surface area contributed by atoms with Gasteiger partial charge in [-0.1, -0.05) is 91.0 Å². The van der Waals surface area contributed by atoms with Crippen LogP contribution in [0.15, 0.2) is 103 Å². The number of benzene rings is 3. The molecule has 0 unspecified atom stereocenters. The van der Waals surface area contributed by atoms with E-state index in [1.54, 1.807) is 4.90 Å². The third kappa shape index (κ3) is 9.42. The SMILES string of the molecule is CC(C)(C)OC(=O)N1[C@H](/C=C2/C[C@@H](OCc3ccccc3)[C@@H](OCc3ccccc3)[C@@H](COCc3ccccc3)O2)COC1(C)C. The lowest BCUT2D eigenvalue weighted by atomic mass is 9.98. The number of ether oxygens (including phenoxy) is 6. The number of carbonyl (C=O) groups excluding carboxylic acids is 1. The van der Waals surface area contributed by atoms with Gasteiger partial charge >= 0.3 is 6.09 Å². The molecule has 8 nitrogen and oxygen atoms in total. The molecule has 3 aromatic rings. The van der Waals surface area contributed by atoms with Crippen molar-refractivity contribution in [1.29, 1.82) is 0 Å². The minimum atomic E-state index is -0.846. The molecule has 4 atom stereocenters. The Labute approximate surface area is 273 Å². The smallest absolute Gasteiger partial charge is 0.413 e. The Morgan fingerprint density at radius 1 is 0.848 bits per heavy atom. The number of nitrogens with zero attached hydrogens (tertiary/aromatic N) is 1. The highest BCUT2D eigenvalue weighted by molar-refractivity contribution is 5.70. The zero-order chi connectivity index (χ0) is 32.6. The van der Waals surface area contributed by atoms with Crippen LogP contribution in [-0.2, 0) is 48.2 Å². The highest BCUT2D eigenvalue weighted by atomic mass is 16.6. The van der Waals surface area contributed by atoms with E-state index in [1.165, 1.54) is 0 Å². The molecule has 3 aromatic carbocycles. The van der Waals surface area contributed by atoms with E-state index >= 15 is 0 Å². The molecular weight excluding hydrogens is 582 g/mol. The summed E-state index contributed by atoms with van der Waals surface area (Å²) in [5.74, 6) is 0.700. The van der Waals surface area contributed by atoms with Crippen molar-refractivity contribution in [2.45, 2.75) is 96.5 Å². The fraction of sp³-hybridized carbons (Fsp3) is 0.447. The van der Waals surface area contributed by atoms with Crippen molar-refractivity contribution in [2.75, 3.05) is 13.2 Å². The number of rotatable bonds is 11. The Hall–Kier alpha value is -3.69. The fourth-order valence-electron chi connectivity index (χ4n) is 5.72. The number of carbonyl (C=O) groups is 1. The molecule has 0 saturated carbocycles. The number of hydrogen-bond acceptors (Lipinski definition) is 7. The van der Waals surface area contributed by atoms with Crippen LogP contribution in [0.25, 0.3) is 0 Å². The second-order valence-electron chi connectivity index (χ2n) is 13.3. The van der Waals surface area contributed by atoms with Crippen molar-refractivity contribution in [3.63, 3.8) is 0 Å². The molecular formula is C38H47NO7. The van der Waals surface area contributed by atoms with Crippen LogP contribution in [0.3, 0.4) is 0 Å². The standard InChI is InChI=1S/C38H47NO7/c1-37(2,3)46-36(40)39-31(26-44-38(39,4)5)21-32-22-33(42-24-29-17-11-7-12-18-29)35(43-25-30-19-13-8-14-20-30)34(45-32)27-41-23-28-15-9-6-10-16-28/h6-21,31,33-35H,22-27H2,1-5H3/b32-21-/t31-,33-,34-,35-/m1/s1. The Morgan fingerprint density at radius 3 is 1.96 bits per heavy atom. The fourth-order valence-corrected chi connectivity index (χ4v) is 5.72. The second kappa shape index (κ2) is 15.3. The topological polar surface area (TPSA) is 75.7 Å². The predicted octanol–water partition coefficient (Wildman–Crippen LogP) is 7.42. The monoisotopic (exact) mass is 629 g/mol. The maximum absolute atomic E-state index is 13.4. The van der Waals surface area contributed by atoms with E-state index in [0.29, 0.717) is 45.2 Å². The average Bonchev–Trinajstić information content (AvgIpc) is 3.33. The lowest BCUT2D eigenvalue weighted by Crippen LogP contribution is -2.50. The molecule has 2 fully saturated rings. The van der Waals surface area contributed by atoms with Gasteiger partial charge in [-0.2, -0.15) is 0 Å². The molecule has 0 radical (unpaired) electrons. The van der Waals surface area contributed by atoms with Crippen LogP contribution in [0.5, 0.6) is 0 Å². The summed E-state index contributed by atoms with van der Waals surface area (Å²) in [5.41, 5.74) is 1.72. The van der Waals surface area contributed by atoms with Crippen molar-refractivity contribution in [2.24, 2.45) is 0 Å². The van der Waals surface area contributed by atoms with Crippen LogP contribution in [0.2, 0.25) is 0 Å². The van der Waals surface area contributed by atoms with Gasteiger partial charge in [-0.05, 0) is 57.4 Å². The molecule has 0 N–H and O–H groups in total. The van der Waals surface area contributed by atoms with Gasteiger partial charge in [-0.15, -0.1) is 0 Å². The van der Waals surface area contributed by atoms with Gasteiger partial charge < -0.3 is 28.4 Å². The maximum Gasteiger partial charge on any atom is 0.413 e. The molecule has 1 amide bonds. The van der Waals surface area contributed by atoms with Gasteiger partial charge in [0.05, 0.1) is 50.9 Å². The molecule has 0 bridgehead atoms. The highest BCUT2D eigenvalue weighted by Crippen LogP contribution is 2.34. The van der Waals surface area contributed by atoms with E-state index in [-0.39, 0.29) is 12.1 Å². The average molecular weight is 630 g/mol. The van der Waals surface area contributed by atoms with Gasteiger partial charge in [0.15, 0.2) is 6.10 Å². The van der Waals surface area contributed by atoms with Crippen molar-refractivity contribution in [3.05, 3.63) is 120 Å². The first kappa shape index (κ1) is 33.7. The van der Waals surface area contributed by atoms with E-state index in [1.807, 2.05) is 132 Å². The molecule has 2 heterocycles.